The molecule has 0 radical (unpaired) electrons. The van der Waals surface area contributed by atoms with Gasteiger partial charge in [0.1, 0.15) is 0 Å². The van der Waals surface area contributed by atoms with Gasteiger partial charge in [0.25, 0.3) is 0 Å². The van der Waals surface area contributed by atoms with Crippen LogP contribution in [-0.4, -0.2) is 37.1 Å². The Bertz CT molecular complexity index is 654. The molecule has 25 heavy (non-hydrogen) atoms. The van der Waals surface area contributed by atoms with Crippen molar-refractivity contribution in [3.63, 3.8) is 0 Å². The molecular weight excluding hydrogens is 310 g/mol. The van der Waals surface area contributed by atoms with Crippen LogP contribution in [0.2, 0.25) is 0 Å². The van der Waals surface area contributed by atoms with Crippen LogP contribution >= 0.6 is 0 Å². The summed E-state index contributed by atoms with van der Waals surface area (Å²) in [4.78, 5) is 11.3. The lowest BCUT2D eigenvalue weighted by Crippen LogP contribution is -2.41. The van der Waals surface area contributed by atoms with Gasteiger partial charge in [0, 0.05) is 38.1 Å². The highest BCUT2D eigenvalue weighted by Gasteiger charge is 2.05. The number of guanidine groups is 1. The van der Waals surface area contributed by atoms with Gasteiger partial charge in [0.15, 0.2) is 5.96 Å². The number of aromatic nitrogens is 1. The zero-order chi connectivity index (χ0) is 17.9. The standard InChI is InChI=1S/C20H29N5/c1-4-21-20(24-16-18-10-6-7-12-22-18)23-13-14-25(5-2)19-11-8-9-17(3)15-19/h6-12,15H,4-5,13-14,16H2,1-3H3,(H2,21,23,24). The predicted molar refractivity (Wildman–Crippen MR) is 106 cm³/mol. The largest absolute Gasteiger partial charge is 0.370 e. The summed E-state index contributed by atoms with van der Waals surface area (Å²) in [5, 5.41) is 6.70. The quantitative estimate of drug-likeness (QED) is 0.573. The van der Waals surface area contributed by atoms with Crippen LogP contribution in [0.15, 0.2) is 53.7 Å². The number of nitrogens with one attached hydrogen (secondary N) is 2. The monoisotopic (exact) mass is 339 g/mol. The minimum Gasteiger partial charge on any atom is -0.370 e. The van der Waals surface area contributed by atoms with Crippen molar-refractivity contribution in [3.05, 3.63) is 59.9 Å². The Hall–Kier alpha value is -2.56. The average molecular weight is 339 g/mol. The normalized spacial score (nSPS) is 11.2. The van der Waals surface area contributed by atoms with E-state index in [0.717, 1.165) is 37.8 Å². The topological polar surface area (TPSA) is 52.6 Å². The summed E-state index contributed by atoms with van der Waals surface area (Å²) in [5.41, 5.74) is 3.52. The smallest absolute Gasteiger partial charge is 0.191 e. The van der Waals surface area contributed by atoms with Crippen LogP contribution in [0.5, 0.6) is 0 Å². The van der Waals surface area contributed by atoms with Crippen molar-refractivity contribution in [2.24, 2.45) is 4.99 Å². The zero-order valence-electron chi connectivity index (χ0n) is 15.5. The van der Waals surface area contributed by atoms with Crippen molar-refractivity contribution >= 4 is 11.6 Å². The van der Waals surface area contributed by atoms with Crippen LogP contribution < -0.4 is 15.5 Å². The molecule has 2 rings (SSSR count). The van der Waals surface area contributed by atoms with Gasteiger partial charge >= 0.3 is 0 Å². The van der Waals surface area contributed by atoms with Gasteiger partial charge in [0.2, 0.25) is 0 Å². The molecule has 0 aliphatic rings. The maximum atomic E-state index is 4.61. The Morgan fingerprint density at radius 2 is 2.00 bits per heavy atom. The van der Waals surface area contributed by atoms with E-state index in [9.17, 15) is 0 Å². The van der Waals surface area contributed by atoms with E-state index in [1.54, 1.807) is 6.20 Å². The molecule has 5 heteroatoms. The van der Waals surface area contributed by atoms with Crippen molar-refractivity contribution in [1.82, 2.24) is 15.6 Å². The van der Waals surface area contributed by atoms with Gasteiger partial charge < -0.3 is 15.5 Å². The number of hydrogen-bond donors (Lipinski definition) is 2. The number of rotatable bonds is 8. The van der Waals surface area contributed by atoms with Gasteiger partial charge in [-0.25, -0.2) is 4.99 Å². The van der Waals surface area contributed by atoms with E-state index in [-0.39, 0.29) is 0 Å². The molecular formula is C20H29N5. The Morgan fingerprint density at radius 3 is 2.68 bits per heavy atom. The highest BCUT2D eigenvalue weighted by molar-refractivity contribution is 5.79. The lowest BCUT2D eigenvalue weighted by atomic mass is 10.2. The van der Waals surface area contributed by atoms with Crippen LogP contribution in [-0.2, 0) is 6.54 Å². The van der Waals surface area contributed by atoms with Crippen LogP contribution in [0.3, 0.4) is 0 Å². The summed E-state index contributed by atoms with van der Waals surface area (Å²) < 4.78 is 0. The van der Waals surface area contributed by atoms with Crippen molar-refractivity contribution < 1.29 is 0 Å². The number of aliphatic imine (C=N–C) groups is 1. The predicted octanol–water partition coefficient (Wildman–Crippen LogP) is 2.97. The number of likely N-dealkylation sites (N-methyl/N-ethyl adjacent to an activating group) is 1. The van der Waals surface area contributed by atoms with Gasteiger partial charge in [-0.2, -0.15) is 0 Å². The molecule has 0 aliphatic heterocycles. The van der Waals surface area contributed by atoms with Crippen LogP contribution in [0.1, 0.15) is 25.1 Å². The first-order chi connectivity index (χ1) is 12.2. The van der Waals surface area contributed by atoms with E-state index in [1.807, 2.05) is 18.2 Å². The summed E-state index contributed by atoms with van der Waals surface area (Å²) in [6.45, 7) is 10.5. The minimum absolute atomic E-state index is 0.575. The molecule has 2 N–H and O–H groups in total. The average Bonchev–Trinajstić information content (AvgIpc) is 2.64. The molecule has 0 amide bonds. The molecule has 0 atom stereocenters. The highest BCUT2D eigenvalue weighted by atomic mass is 15.2. The lowest BCUT2D eigenvalue weighted by Gasteiger charge is -2.24. The van der Waals surface area contributed by atoms with E-state index < -0.39 is 0 Å². The third kappa shape index (κ3) is 6.45. The summed E-state index contributed by atoms with van der Waals surface area (Å²) in [6, 6.07) is 14.5. The Kier molecular flexibility index (Phi) is 7.76. The molecule has 0 aliphatic carbocycles. The summed E-state index contributed by atoms with van der Waals surface area (Å²) in [7, 11) is 0. The minimum atomic E-state index is 0.575. The van der Waals surface area contributed by atoms with E-state index in [2.05, 4.69) is 70.5 Å². The number of aryl methyl sites for hydroxylation is 1. The number of nitrogens with zero attached hydrogens (tertiary/aromatic N) is 3. The van der Waals surface area contributed by atoms with Gasteiger partial charge in [-0.3, -0.25) is 4.98 Å². The second-order valence-electron chi connectivity index (χ2n) is 5.86. The van der Waals surface area contributed by atoms with Gasteiger partial charge in [-0.1, -0.05) is 18.2 Å². The summed E-state index contributed by atoms with van der Waals surface area (Å²) in [6.07, 6.45) is 1.80. The van der Waals surface area contributed by atoms with E-state index in [1.165, 1.54) is 11.3 Å². The first-order valence-electron chi connectivity index (χ1n) is 8.96. The van der Waals surface area contributed by atoms with Crippen LogP contribution in [0, 0.1) is 6.92 Å². The molecule has 0 saturated heterocycles. The Labute approximate surface area is 151 Å². The zero-order valence-corrected chi connectivity index (χ0v) is 15.5. The van der Waals surface area contributed by atoms with Crippen LogP contribution in [0.4, 0.5) is 5.69 Å². The van der Waals surface area contributed by atoms with Gasteiger partial charge in [-0.05, 0) is 50.6 Å². The van der Waals surface area contributed by atoms with E-state index >= 15 is 0 Å². The molecule has 1 heterocycles. The number of pyridine rings is 1. The fourth-order valence-corrected chi connectivity index (χ4v) is 2.60. The number of hydrogen-bond acceptors (Lipinski definition) is 3. The third-order valence-corrected chi connectivity index (χ3v) is 3.89. The Morgan fingerprint density at radius 1 is 1.12 bits per heavy atom. The van der Waals surface area contributed by atoms with Gasteiger partial charge in [0.05, 0.1) is 12.2 Å². The fraction of sp³-hybridized carbons (Fsp3) is 0.400. The van der Waals surface area contributed by atoms with Crippen molar-refractivity contribution in [1.29, 1.82) is 0 Å². The molecule has 0 unspecified atom stereocenters. The molecule has 1 aromatic heterocycles. The first kappa shape index (κ1) is 18.8. The number of benzene rings is 1. The molecule has 5 nitrogen and oxygen atoms in total. The fourth-order valence-electron chi connectivity index (χ4n) is 2.60. The molecule has 134 valence electrons. The molecule has 1 aromatic carbocycles. The summed E-state index contributed by atoms with van der Waals surface area (Å²) in [5.74, 6) is 0.827. The van der Waals surface area contributed by atoms with Crippen molar-refractivity contribution in [3.8, 4) is 0 Å². The second kappa shape index (κ2) is 10.3. The molecule has 0 fully saturated rings. The van der Waals surface area contributed by atoms with Crippen LogP contribution in [0.25, 0.3) is 0 Å². The van der Waals surface area contributed by atoms with Crippen molar-refractivity contribution in [2.75, 3.05) is 31.1 Å². The molecule has 2 aromatic rings. The second-order valence-corrected chi connectivity index (χ2v) is 5.86. The Balaban J connectivity index is 1.89. The summed E-state index contributed by atoms with van der Waals surface area (Å²) >= 11 is 0. The van der Waals surface area contributed by atoms with Gasteiger partial charge in [-0.15, -0.1) is 0 Å². The van der Waals surface area contributed by atoms with E-state index in [4.69, 9.17) is 0 Å². The van der Waals surface area contributed by atoms with Crippen molar-refractivity contribution in [2.45, 2.75) is 27.3 Å². The third-order valence-electron chi connectivity index (χ3n) is 3.89. The molecule has 0 bridgehead atoms. The molecule has 0 saturated carbocycles. The van der Waals surface area contributed by atoms with E-state index in [0.29, 0.717) is 6.54 Å². The maximum absolute atomic E-state index is 4.61. The maximum Gasteiger partial charge on any atom is 0.191 e. The first-order valence-corrected chi connectivity index (χ1v) is 8.96. The highest BCUT2D eigenvalue weighted by Crippen LogP contribution is 2.14. The molecule has 0 spiro atoms. The number of anilines is 1. The lowest BCUT2D eigenvalue weighted by molar-refractivity contribution is 0.750. The SMILES string of the molecule is CCNC(=NCc1ccccn1)NCCN(CC)c1cccc(C)c1.